The SMILES string of the molecule is COc1ccc(NC(=O)c2cc(-c3ccc(F)cc3)on2)cc1Cl. The Morgan fingerprint density at radius 1 is 1.21 bits per heavy atom. The van der Waals surface area contributed by atoms with E-state index in [0.29, 0.717) is 27.8 Å². The number of nitrogens with zero attached hydrogens (tertiary/aromatic N) is 1. The molecule has 1 amide bonds. The molecule has 24 heavy (non-hydrogen) atoms. The summed E-state index contributed by atoms with van der Waals surface area (Å²) in [4.78, 5) is 12.2. The molecule has 1 heterocycles. The number of hydrogen-bond acceptors (Lipinski definition) is 4. The summed E-state index contributed by atoms with van der Waals surface area (Å²) in [7, 11) is 1.51. The maximum absolute atomic E-state index is 12.9. The van der Waals surface area contributed by atoms with Gasteiger partial charge in [-0.15, -0.1) is 0 Å². The van der Waals surface area contributed by atoms with Gasteiger partial charge in [-0.3, -0.25) is 4.79 Å². The third-order valence-electron chi connectivity index (χ3n) is 3.28. The van der Waals surface area contributed by atoms with Gasteiger partial charge in [0.05, 0.1) is 12.1 Å². The molecule has 0 saturated carbocycles. The Labute approximate surface area is 142 Å². The fourth-order valence-corrected chi connectivity index (χ4v) is 2.33. The lowest BCUT2D eigenvalue weighted by Gasteiger charge is -2.06. The molecule has 3 rings (SSSR count). The predicted octanol–water partition coefficient (Wildman–Crippen LogP) is 4.40. The zero-order valence-electron chi connectivity index (χ0n) is 12.5. The van der Waals surface area contributed by atoms with Crippen LogP contribution in [0.1, 0.15) is 10.5 Å². The van der Waals surface area contributed by atoms with E-state index in [1.54, 1.807) is 30.3 Å². The van der Waals surface area contributed by atoms with Gasteiger partial charge in [0.2, 0.25) is 0 Å². The number of amides is 1. The predicted molar refractivity (Wildman–Crippen MR) is 87.9 cm³/mol. The maximum atomic E-state index is 12.9. The van der Waals surface area contributed by atoms with Crippen molar-refractivity contribution in [2.75, 3.05) is 12.4 Å². The Morgan fingerprint density at radius 3 is 2.62 bits per heavy atom. The van der Waals surface area contributed by atoms with Gasteiger partial charge < -0.3 is 14.6 Å². The highest BCUT2D eigenvalue weighted by molar-refractivity contribution is 6.32. The van der Waals surface area contributed by atoms with Crippen molar-refractivity contribution < 1.29 is 18.4 Å². The molecule has 7 heteroatoms. The van der Waals surface area contributed by atoms with Crippen LogP contribution < -0.4 is 10.1 Å². The summed E-state index contributed by atoms with van der Waals surface area (Å²) in [5, 5.41) is 6.77. The first kappa shape index (κ1) is 16.0. The minimum absolute atomic E-state index is 0.0984. The van der Waals surface area contributed by atoms with E-state index in [9.17, 15) is 9.18 Å². The molecule has 0 unspecified atom stereocenters. The first-order valence-corrected chi connectivity index (χ1v) is 7.32. The summed E-state index contributed by atoms with van der Waals surface area (Å²) >= 11 is 6.01. The number of carbonyl (C=O) groups is 1. The van der Waals surface area contributed by atoms with E-state index in [2.05, 4.69) is 10.5 Å². The van der Waals surface area contributed by atoms with E-state index in [-0.39, 0.29) is 11.5 Å². The molecule has 0 fully saturated rings. The van der Waals surface area contributed by atoms with E-state index >= 15 is 0 Å². The van der Waals surface area contributed by atoms with Gasteiger partial charge in [-0.25, -0.2) is 4.39 Å². The van der Waals surface area contributed by atoms with Crippen molar-refractivity contribution in [3.8, 4) is 17.1 Å². The van der Waals surface area contributed by atoms with Crippen LogP contribution in [0.3, 0.4) is 0 Å². The lowest BCUT2D eigenvalue weighted by molar-refractivity contribution is 0.101. The molecule has 0 atom stereocenters. The first-order valence-electron chi connectivity index (χ1n) is 6.94. The lowest BCUT2D eigenvalue weighted by Crippen LogP contribution is -2.12. The third kappa shape index (κ3) is 3.38. The van der Waals surface area contributed by atoms with Crippen molar-refractivity contribution in [1.29, 1.82) is 0 Å². The number of hydrogen-bond donors (Lipinski definition) is 1. The van der Waals surface area contributed by atoms with Crippen LogP contribution in [-0.2, 0) is 0 Å². The van der Waals surface area contributed by atoms with Crippen LogP contribution in [0, 0.1) is 5.82 Å². The van der Waals surface area contributed by atoms with E-state index < -0.39 is 5.91 Å². The van der Waals surface area contributed by atoms with Gasteiger partial charge in [0.15, 0.2) is 11.5 Å². The minimum Gasteiger partial charge on any atom is -0.495 e. The Bertz CT molecular complexity index is 878. The Morgan fingerprint density at radius 2 is 1.96 bits per heavy atom. The standard InChI is InChI=1S/C17H12ClFN2O3/c1-23-15-7-6-12(8-13(15)18)20-17(22)14-9-16(24-21-14)10-2-4-11(19)5-3-10/h2-9H,1H3,(H,20,22). The second-order valence-electron chi connectivity index (χ2n) is 4.89. The summed E-state index contributed by atoms with van der Waals surface area (Å²) < 4.78 is 23.1. The average Bonchev–Trinajstić information content (AvgIpc) is 3.06. The van der Waals surface area contributed by atoms with Gasteiger partial charge in [-0.05, 0) is 42.5 Å². The van der Waals surface area contributed by atoms with E-state index in [0.717, 1.165) is 0 Å². The molecule has 0 aliphatic carbocycles. The average molecular weight is 347 g/mol. The molecule has 0 radical (unpaired) electrons. The summed E-state index contributed by atoms with van der Waals surface area (Å²) in [5.74, 6) is 0.0728. The highest BCUT2D eigenvalue weighted by Gasteiger charge is 2.14. The van der Waals surface area contributed by atoms with Gasteiger partial charge >= 0.3 is 0 Å². The van der Waals surface area contributed by atoms with Gasteiger partial charge in [0.25, 0.3) is 5.91 Å². The smallest absolute Gasteiger partial charge is 0.277 e. The van der Waals surface area contributed by atoms with E-state index in [4.69, 9.17) is 20.9 Å². The fraction of sp³-hybridized carbons (Fsp3) is 0.0588. The highest BCUT2D eigenvalue weighted by Crippen LogP contribution is 2.27. The van der Waals surface area contributed by atoms with Crippen molar-refractivity contribution in [2.45, 2.75) is 0 Å². The summed E-state index contributed by atoms with van der Waals surface area (Å²) in [6.07, 6.45) is 0. The zero-order chi connectivity index (χ0) is 17.1. The number of rotatable bonds is 4. The lowest BCUT2D eigenvalue weighted by atomic mass is 10.1. The van der Waals surface area contributed by atoms with Crippen LogP contribution >= 0.6 is 11.6 Å². The molecule has 0 bridgehead atoms. The van der Waals surface area contributed by atoms with Crippen molar-refractivity contribution in [1.82, 2.24) is 5.16 Å². The van der Waals surface area contributed by atoms with E-state index in [1.165, 1.54) is 25.3 Å². The van der Waals surface area contributed by atoms with Gasteiger partial charge in [0.1, 0.15) is 11.6 Å². The topological polar surface area (TPSA) is 64.4 Å². The summed E-state index contributed by atoms with van der Waals surface area (Å²) in [6, 6.07) is 12.0. The number of methoxy groups -OCH3 is 1. The van der Waals surface area contributed by atoms with Crippen molar-refractivity contribution in [2.24, 2.45) is 0 Å². The molecule has 0 aliphatic heterocycles. The molecule has 5 nitrogen and oxygen atoms in total. The molecule has 1 N–H and O–H groups in total. The number of carbonyl (C=O) groups excluding carboxylic acids is 1. The quantitative estimate of drug-likeness (QED) is 0.760. The summed E-state index contributed by atoms with van der Waals surface area (Å²) in [5.41, 5.74) is 1.22. The Balaban J connectivity index is 1.76. The van der Waals surface area contributed by atoms with Crippen LogP contribution in [0.15, 0.2) is 53.1 Å². The molecule has 3 aromatic rings. The molecular formula is C17H12ClFN2O3. The van der Waals surface area contributed by atoms with Gasteiger partial charge in [-0.1, -0.05) is 16.8 Å². The number of halogens is 2. The van der Waals surface area contributed by atoms with Crippen LogP contribution in [-0.4, -0.2) is 18.2 Å². The van der Waals surface area contributed by atoms with Crippen molar-refractivity contribution in [3.63, 3.8) is 0 Å². The number of anilines is 1. The Hall–Kier alpha value is -2.86. The number of benzene rings is 2. The van der Waals surface area contributed by atoms with Gasteiger partial charge in [-0.2, -0.15) is 0 Å². The second kappa shape index (κ2) is 6.72. The summed E-state index contributed by atoms with van der Waals surface area (Å²) in [6.45, 7) is 0. The Kier molecular flexibility index (Phi) is 4.48. The van der Waals surface area contributed by atoms with Crippen molar-refractivity contribution in [3.05, 3.63) is 65.1 Å². The van der Waals surface area contributed by atoms with Crippen LogP contribution in [0.2, 0.25) is 5.02 Å². The molecular weight excluding hydrogens is 335 g/mol. The first-order chi connectivity index (χ1) is 11.6. The van der Waals surface area contributed by atoms with Crippen LogP contribution in [0.5, 0.6) is 5.75 Å². The van der Waals surface area contributed by atoms with Crippen LogP contribution in [0.4, 0.5) is 10.1 Å². The minimum atomic E-state index is -0.451. The number of ether oxygens (including phenoxy) is 1. The number of aromatic nitrogens is 1. The van der Waals surface area contributed by atoms with Crippen LogP contribution in [0.25, 0.3) is 11.3 Å². The van der Waals surface area contributed by atoms with Gasteiger partial charge in [0, 0.05) is 17.3 Å². The monoisotopic (exact) mass is 346 g/mol. The van der Waals surface area contributed by atoms with Crippen molar-refractivity contribution >= 4 is 23.2 Å². The fourth-order valence-electron chi connectivity index (χ4n) is 2.07. The second-order valence-corrected chi connectivity index (χ2v) is 5.29. The molecule has 0 saturated heterocycles. The van der Waals surface area contributed by atoms with E-state index in [1.807, 2.05) is 0 Å². The highest BCUT2D eigenvalue weighted by atomic mass is 35.5. The number of nitrogens with one attached hydrogen (secondary N) is 1. The molecule has 122 valence electrons. The molecule has 1 aromatic heterocycles. The molecule has 0 aliphatic rings. The molecule has 0 spiro atoms. The third-order valence-corrected chi connectivity index (χ3v) is 3.58. The molecule has 2 aromatic carbocycles. The maximum Gasteiger partial charge on any atom is 0.277 e. The normalized spacial score (nSPS) is 10.5. The zero-order valence-corrected chi connectivity index (χ0v) is 13.3. The largest absolute Gasteiger partial charge is 0.495 e.